The smallest absolute Gasteiger partial charge is 0.277 e. The number of nitrogens with one attached hydrogen (secondary N) is 1. The normalized spacial score (nSPS) is 10.3. The summed E-state index contributed by atoms with van der Waals surface area (Å²) in [5.74, 6) is 0.00168. The Hall–Kier alpha value is -2.53. The fraction of sp³-hybridized carbons (Fsp3) is 0.0588. The Morgan fingerprint density at radius 1 is 1.23 bits per heavy atom. The highest BCUT2D eigenvalue weighted by molar-refractivity contribution is 7.99. The van der Waals surface area contributed by atoms with Gasteiger partial charge in [-0.15, -0.1) is 10.2 Å². The molecule has 0 radical (unpaired) electrons. The monoisotopic (exact) mass is 404 g/mol. The van der Waals surface area contributed by atoms with Crippen LogP contribution in [0.5, 0.6) is 0 Å². The fourth-order valence-corrected chi connectivity index (χ4v) is 3.10. The van der Waals surface area contributed by atoms with Gasteiger partial charge in [0.15, 0.2) is 0 Å². The number of aromatic nitrogens is 2. The SMILES string of the molecule is N#Cc1ccccc1NC(=O)CSc1nnc(-c2ccc(Cl)cc2Cl)o1. The van der Waals surface area contributed by atoms with E-state index >= 15 is 0 Å². The summed E-state index contributed by atoms with van der Waals surface area (Å²) in [6, 6.07) is 13.7. The van der Waals surface area contributed by atoms with E-state index in [9.17, 15) is 4.79 Å². The van der Waals surface area contributed by atoms with Gasteiger partial charge in [0.05, 0.1) is 27.6 Å². The minimum Gasteiger partial charge on any atom is -0.411 e. The summed E-state index contributed by atoms with van der Waals surface area (Å²) < 4.78 is 5.52. The standard InChI is InChI=1S/C17H10Cl2N4O2S/c18-11-5-6-12(13(19)7-11)16-22-23-17(25-16)26-9-15(24)21-14-4-2-1-3-10(14)8-20/h1-7H,9H2,(H,21,24). The van der Waals surface area contributed by atoms with Gasteiger partial charge in [-0.25, -0.2) is 0 Å². The average molecular weight is 405 g/mol. The molecule has 1 amide bonds. The summed E-state index contributed by atoms with van der Waals surface area (Å²) in [5, 5.41) is 20.7. The zero-order valence-electron chi connectivity index (χ0n) is 13.1. The van der Waals surface area contributed by atoms with Crippen molar-refractivity contribution in [3.05, 3.63) is 58.1 Å². The number of hydrogen-bond acceptors (Lipinski definition) is 6. The van der Waals surface area contributed by atoms with Gasteiger partial charge in [0, 0.05) is 5.02 Å². The topological polar surface area (TPSA) is 91.8 Å². The van der Waals surface area contributed by atoms with Crippen LogP contribution in [-0.2, 0) is 4.79 Å². The number of hydrogen-bond donors (Lipinski definition) is 1. The lowest BCUT2D eigenvalue weighted by molar-refractivity contribution is -0.113. The molecule has 0 unspecified atom stereocenters. The van der Waals surface area contributed by atoms with Crippen LogP contribution < -0.4 is 5.32 Å². The number of benzene rings is 2. The molecule has 0 fully saturated rings. The first-order valence-electron chi connectivity index (χ1n) is 7.27. The van der Waals surface area contributed by atoms with Crippen LogP contribution in [0.2, 0.25) is 10.0 Å². The van der Waals surface area contributed by atoms with E-state index in [0.717, 1.165) is 11.8 Å². The number of carbonyl (C=O) groups is 1. The molecule has 3 rings (SSSR count). The van der Waals surface area contributed by atoms with E-state index in [0.29, 0.717) is 26.9 Å². The van der Waals surface area contributed by atoms with Crippen LogP contribution in [0.4, 0.5) is 5.69 Å². The summed E-state index contributed by atoms with van der Waals surface area (Å²) in [6.45, 7) is 0. The van der Waals surface area contributed by atoms with E-state index in [1.165, 1.54) is 0 Å². The molecular formula is C17H10Cl2N4O2S. The number of thioether (sulfide) groups is 1. The fourth-order valence-electron chi connectivity index (χ4n) is 2.04. The van der Waals surface area contributed by atoms with E-state index < -0.39 is 0 Å². The first-order valence-corrected chi connectivity index (χ1v) is 9.01. The third kappa shape index (κ3) is 4.35. The third-order valence-electron chi connectivity index (χ3n) is 3.22. The number of halogens is 2. The minimum absolute atomic E-state index is 0.0513. The van der Waals surface area contributed by atoms with E-state index in [1.807, 2.05) is 6.07 Å². The number of nitrogens with zero attached hydrogens (tertiary/aromatic N) is 3. The highest BCUT2D eigenvalue weighted by Crippen LogP contribution is 2.31. The summed E-state index contributed by atoms with van der Waals surface area (Å²) >= 11 is 13.1. The Morgan fingerprint density at radius 3 is 2.81 bits per heavy atom. The molecule has 130 valence electrons. The van der Waals surface area contributed by atoms with Gasteiger partial charge >= 0.3 is 0 Å². The molecule has 26 heavy (non-hydrogen) atoms. The lowest BCUT2D eigenvalue weighted by Gasteiger charge is -2.05. The molecule has 1 heterocycles. The van der Waals surface area contributed by atoms with Gasteiger partial charge < -0.3 is 9.73 Å². The van der Waals surface area contributed by atoms with Crippen LogP contribution in [0, 0.1) is 11.3 Å². The van der Waals surface area contributed by atoms with E-state index in [1.54, 1.807) is 42.5 Å². The molecule has 0 bridgehead atoms. The maximum Gasteiger partial charge on any atom is 0.277 e. The molecule has 6 nitrogen and oxygen atoms in total. The average Bonchev–Trinajstić information content (AvgIpc) is 3.09. The molecule has 2 aromatic carbocycles. The van der Waals surface area contributed by atoms with Crippen LogP contribution in [0.25, 0.3) is 11.5 Å². The van der Waals surface area contributed by atoms with Crippen molar-refractivity contribution in [2.75, 3.05) is 11.1 Å². The van der Waals surface area contributed by atoms with Crippen molar-refractivity contribution in [1.82, 2.24) is 10.2 Å². The minimum atomic E-state index is -0.290. The first kappa shape index (κ1) is 18.3. The van der Waals surface area contributed by atoms with E-state index in [4.69, 9.17) is 32.9 Å². The van der Waals surface area contributed by atoms with Gasteiger partial charge in [-0.3, -0.25) is 4.79 Å². The van der Waals surface area contributed by atoms with Crippen LogP contribution in [0.1, 0.15) is 5.56 Å². The summed E-state index contributed by atoms with van der Waals surface area (Å²) in [5.41, 5.74) is 1.41. The molecular weight excluding hydrogens is 395 g/mol. The number of rotatable bonds is 5. The molecule has 9 heteroatoms. The lowest BCUT2D eigenvalue weighted by Crippen LogP contribution is -2.14. The van der Waals surface area contributed by atoms with Crippen molar-refractivity contribution in [1.29, 1.82) is 5.26 Å². The Balaban J connectivity index is 1.63. The predicted molar refractivity (Wildman–Crippen MR) is 100 cm³/mol. The highest BCUT2D eigenvalue weighted by atomic mass is 35.5. The van der Waals surface area contributed by atoms with Gasteiger partial charge in [-0.05, 0) is 30.3 Å². The maximum atomic E-state index is 12.1. The number of carbonyl (C=O) groups excluding carboxylic acids is 1. The van der Waals surface area contributed by atoms with Crippen molar-refractivity contribution in [3.8, 4) is 17.5 Å². The molecule has 1 aromatic heterocycles. The number of amides is 1. The van der Waals surface area contributed by atoms with Crippen LogP contribution in [0.3, 0.4) is 0 Å². The van der Waals surface area contributed by atoms with Gasteiger partial charge in [0.1, 0.15) is 6.07 Å². The first-order chi connectivity index (χ1) is 12.6. The summed E-state index contributed by atoms with van der Waals surface area (Å²) in [4.78, 5) is 12.1. The second-order valence-corrected chi connectivity index (χ2v) is 6.76. The summed E-state index contributed by atoms with van der Waals surface area (Å²) in [7, 11) is 0. The Bertz CT molecular complexity index is 1000. The number of nitriles is 1. The molecule has 0 atom stereocenters. The zero-order chi connectivity index (χ0) is 18.5. The Kier molecular flexibility index (Phi) is 5.78. The van der Waals surface area contributed by atoms with Crippen LogP contribution >= 0.6 is 35.0 Å². The molecule has 3 aromatic rings. The Morgan fingerprint density at radius 2 is 2.04 bits per heavy atom. The van der Waals surface area contributed by atoms with Crippen LogP contribution in [-0.4, -0.2) is 21.9 Å². The number of anilines is 1. The second kappa shape index (κ2) is 8.23. The van der Waals surface area contributed by atoms with Crippen molar-refractivity contribution in [2.45, 2.75) is 5.22 Å². The molecule has 0 aliphatic rings. The highest BCUT2D eigenvalue weighted by Gasteiger charge is 2.14. The molecule has 0 spiro atoms. The molecule has 0 aliphatic heterocycles. The van der Waals surface area contributed by atoms with Crippen molar-refractivity contribution in [3.63, 3.8) is 0 Å². The van der Waals surface area contributed by atoms with Gasteiger partial charge in [0.25, 0.3) is 5.22 Å². The molecule has 0 saturated carbocycles. The molecule has 0 aliphatic carbocycles. The predicted octanol–water partition coefficient (Wildman–Crippen LogP) is 4.65. The summed E-state index contributed by atoms with van der Waals surface area (Å²) in [6.07, 6.45) is 0. The van der Waals surface area contributed by atoms with E-state index in [2.05, 4.69) is 15.5 Å². The molecule has 1 N–H and O–H groups in total. The zero-order valence-corrected chi connectivity index (χ0v) is 15.4. The van der Waals surface area contributed by atoms with Crippen molar-refractivity contribution < 1.29 is 9.21 Å². The van der Waals surface area contributed by atoms with Crippen molar-refractivity contribution in [2.24, 2.45) is 0 Å². The molecule has 0 saturated heterocycles. The largest absolute Gasteiger partial charge is 0.411 e. The third-order valence-corrected chi connectivity index (χ3v) is 4.58. The Labute approximate surface area is 163 Å². The van der Waals surface area contributed by atoms with Crippen molar-refractivity contribution >= 4 is 46.6 Å². The maximum absolute atomic E-state index is 12.1. The van der Waals surface area contributed by atoms with Crippen LogP contribution in [0.15, 0.2) is 52.1 Å². The number of para-hydroxylation sites is 1. The lowest BCUT2D eigenvalue weighted by atomic mass is 10.2. The van der Waals surface area contributed by atoms with Gasteiger partial charge in [-0.1, -0.05) is 47.1 Å². The van der Waals surface area contributed by atoms with E-state index in [-0.39, 0.29) is 22.8 Å². The van der Waals surface area contributed by atoms with Gasteiger partial charge in [-0.2, -0.15) is 5.26 Å². The van der Waals surface area contributed by atoms with Gasteiger partial charge in [0.2, 0.25) is 11.8 Å². The quantitative estimate of drug-likeness (QED) is 0.622. The second-order valence-electron chi connectivity index (χ2n) is 4.99.